The van der Waals surface area contributed by atoms with Crippen LogP contribution in [0.15, 0.2) is 152 Å². The maximum Gasteiger partial charge on any atom is 0.182 e. The molecule has 0 atom stereocenters. The fourth-order valence-corrected chi connectivity index (χ4v) is 19.1. The van der Waals surface area contributed by atoms with Gasteiger partial charge in [0.05, 0.1) is 17.1 Å². The molecule has 0 amide bonds. The summed E-state index contributed by atoms with van der Waals surface area (Å²) in [5, 5.41) is 8.87. The molecule has 4 saturated carbocycles. The predicted molar refractivity (Wildman–Crippen MR) is 218 cm³/mol. The quantitative estimate of drug-likeness (QED) is 0.156. The van der Waals surface area contributed by atoms with Crippen LogP contribution in [-0.4, -0.2) is 8.07 Å². The number of fused-ring (bicyclic) bond motifs is 14. The Hall–Kier alpha value is -5.18. The van der Waals surface area contributed by atoms with Gasteiger partial charge < -0.3 is 4.90 Å². The lowest BCUT2D eigenvalue weighted by molar-refractivity contribution is -0.0419. The Morgan fingerprint density at radius 1 is 0.423 bits per heavy atom. The van der Waals surface area contributed by atoms with E-state index >= 15 is 0 Å². The third-order valence-electron chi connectivity index (χ3n) is 14.8. The van der Waals surface area contributed by atoms with Crippen LogP contribution in [0.2, 0.25) is 0 Å². The third kappa shape index (κ3) is 3.17. The largest absolute Gasteiger partial charge is 0.309 e. The van der Waals surface area contributed by atoms with E-state index in [1.54, 1.807) is 16.3 Å². The summed E-state index contributed by atoms with van der Waals surface area (Å²) in [4.78, 5) is 2.71. The SMILES string of the molecule is c1ccc2c(c1)-c1ccccc1[Si]21c2ccccc2-c2c1cc(N1c3ccccc3C3(c4ccccc41)C1CC4CC(C1)CC3C4)c1ccccc21. The first-order chi connectivity index (χ1) is 25.8. The first-order valence-corrected chi connectivity index (χ1v) is 21.6. The van der Waals surface area contributed by atoms with E-state index < -0.39 is 8.07 Å². The second kappa shape index (κ2) is 9.82. The normalized spacial score (nSPS) is 24.0. The average Bonchev–Trinajstić information content (AvgIpc) is 3.66. The zero-order chi connectivity index (χ0) is 33.8. The van der Waals surface area contributed by atoms with Crippen molar-refractivity contribution in [3.05, 3.63) is 163 Å². The zero-order valence-corrected chi connectivity index (χ0v) is 30.2. The predicted octanol–water partition coefficient (Wildman–Crippen LogP) is 9.70. The lowest BCUT2D eigenvalue weighted by atomic mass is 9.41. The van der Waals surface area contributed by atoms with Crippen molar-refractivity contribution in [3.63, 3.8) is 0 Å². The van der Waals surface area contributed by atoms with Crippen LogP contribution in [-0.2, 0) is 5.41 Å². The van der Waals surface area contributed by atoms with E-state index in [0.717, 1.165) is 23.7 Å². The average molecular weight is 682 g/mol. The number of nitrogens with zero attached hydrogens (tertiary/aromatic N) is 1. The van der Waals surface area contributed by atoms with Crippen LogP contribution in [0, 0.1) is 23.7 Å². The fraction of sp³-hybridized carbons (Fsp3) is 0.200. The molecule has 2 heteroatoms. The Balaban J connectivity index is 1.15. The molecule has 0 saturated heterocycles. The van der Waals surface area contributed by atoms with Crippen molar-refractivity contribution in [3.8, 4) is 22.3 Å². The summed E-state index contributed by atoms with van der Waals surface area (Å²) in [7, 11) is -2.63. The second-order valence-electron chi connectivity index (χ2n) is 16.8. The van der Waals surface area contributed by atoms with Gasteiger partial charge >= 0.3 is 0 Å². The van der Waals surface area contributed by atoms with Crippen LogP contribution in [0.3, 0.4) is 0 Å². The maximum absolute atomic E-state index is 2.71. The Kier molecular flexibility index (Phi) is 5.36. The molecular formula is C50H39NSi. The fourth-order valence-electron chi connectivity index (χ4n) is 13.5. The molecule has 0 unspecified atom stereocenters. The molecule has 0 aromatic heterocycles. The molecule has 2 spiro atoms. The third-order valence-corrected chi connectivity index (χ3v) is 19.8. The smallest absolute Gasteiger partial charge is 0.182 e. The van der Waals surface area contributed by atoms with Crippen molar-refractivity contribution in [2.24, 2.45) is 23.7 Å². The summed E-state index contributed by atoms with van der Waals surface area (Å²) in [6.07, 6.45) is 7.04. The molecule has 0 radical (unpaired) electrons. The minimum atomic E-state index is -2.63. The summed E-state index contributed by atoms with van der Waals surface area (Å²) in [6.45, 7) is 0. The molecule has 3 heterocycles. The summed E-state index contributed by atoms with van der Waals surface area (Å²) in [5.41, 5.74) is 13.1. The van der Waals surface area contributed by atoms with Gasteiger partial charge in [0, 0.05) is 10.8 Å². The first kappa shape index (κ1) is 28.4. The maximum atomic E-state index is 2.71. The van der Waals surface area contributed by atoms with Gasteiger partial charge in [-0.3, -0.25) is 0 Å². The molecule has 3 aliphatic heterocycles. The summed E-state index contributed by atoms with van der Waals surface area (Å²) in [6, 6.07) is 59.4. The van der Waals surface area contributed by atoms with Crippen molar-refractivity contribution in [1.82, 2.24) is 0 Å². The molecule has 14 rings (SSSR count). The van der Waals surface area contributed by atoms with Gasteiger partial charge in [-0.05, 0) is 133 Å². The second-order valence-corrected chi connectivity index (χ2v) is 20.4. The zero-order valence-electron chi connectivity index (χ0n) is 29.2. The Labute approximate surface area is 306 Å². The summed E-state index contributed by atoms with van der Waals surface area (Å²) >= 11 is 0. The van der Waals surface area contributed by atoms with E-state index in [1.807, 2.05) is 0 Å². The number of hydrogen-bond donors (Lipinski definition) is 0. The number of benzene rings is 7. The molecule has 7 aromatic carbocycles. The van der Waals surface area contributed by atoms with Gasteiger partial charge in [0.15, 0.2) is 8.07 Å². The molecular weight excluding hydrogens is 643 g/mol. The lowest BCUT2D eigenvalue weighted by Crippen LogP contribution is -2.70. The molecule has 4 aliphatic carbocycles. The highest BCUT2D eigenvalue weighted by Crippen LogP contribution is 2.69. The summed E-state index contributed by atoms with van der Waals surface area (Å²) in [5.74, 6) is 3.29. The minimum absolute atomic E-state index is 0.0964. The van der Waals surface area contributed by atoms with Crippen molar-refractivity contribution < 1.29 is 0 Å². The number of para-hydroxylation sites is 2. The van der Waals surface area contributed by atoms with Crippen molar-refractivity contribution >= 4 is 56.7 Å². The molecule has 7 aromatic rings. The van der Waals surface area contributed by atoms with E-state index in [4.69, 9.17) is 0 Å². The van der Waals surface area contributed by atoms with E-state index in [9.17, 15) is 0 Å². The monoisotopic (exact) mass is 681 g/mol. The van der Waals surface area contributed by atoms with Gasteiger partial charge in [-0.25, -0.2) is 0 Å². The van der Waals surface area contributed by atoms with Gasteiger partial charge in [-0.1, -0.05) is 133 Å². The van der Waals surface area contributed by atoms with E-state index in [0.29, 0.717) is 0 Å². The van der Waals surface area contributed by atoms with Crippen molar-refractivity contribution in [2.75, 3.05) is 4.90 Å². The van der Waals surface area contributed by atoms with Crippen molar-refractivity contribution in [1.29, 1.82) is 0 Å². The van der Waals surface area contributed by atoms with Gasteiger partial charge in [-0.2, -0.15) is 0 Å². The number of rotatable bonds is 1. The van der Waals surface area contributed by atoms with Crippen LogP contribution in [0.1, 0.15) is 43.2 Å². The molecule has 0 N–H and O–H groups in total. The van der Waals surface area contributed by atoms with Gasteiger partial charge in [0.2, 0.25) is 0 Å². The van der Waals surface area contributed by atoms with Crippen LogP contribution in [0.4, 0.5) is 17.1 Å². The van der Waals surface area contributed by atoms with Crippen LogP contribution < -0.4 is 25.6 Å². The minimum Gasteiger partial charge on any atom is -0.309 e. The van der Waals surface area contributed by atoms with Crippen molar-refractivity contribution in [2.45, 2.75) is 37.5 Å². The molecule has 7 aliphatic rings. The van der Waals surface area contributed by atoms with E-state index in [2.05, 4.69) is 157 Å². The molecule has 4 bridgehead atoms. The topological polar surface area (TPSA) is 3.24 Å². The number of anilines is 3. The molecule has 1 nitrogen and oxygen atoms in total. The highest BCUT2D eigenvalue weighted by molar-refractivity contribution is 7.24. The van der Waals surface area contributed by atoms with Crippen LogP contribution in [0.25, 0.3) is 33.0 Å². The Bertz CT molecular complexity index is 2560. The molecule has 4 fully saturated rings. The van der Waals surface area contributed by atoms with Gasteiger partial charge in [-0.15, -0.1) is 0 Å². The van der Waals surface area contributed by atoms with Crippen LogP contribution >= 0.6 is 0 Å². The first-order valence-electron chi connectivity index (χ1n) is 19.6. The number of hydrogen-bond acceptors (Lipinski definition) is 1. The van der Waals surface area contributed by atoms with E-state index in [-0.39, 0.29) is 5.41 Å². The van der Waals surface area contributed by atoms with Gasteiger partial charge in [0.1, 0.15) is 0 Å². The summed E-state index contributed by atoms with van der Waals surface area (Å²) < 4.78 is 0. The molecule has 248 valence electrons. The Morgan fingerprint density at radius 3 is 1.48 bits per heavy atom. The van der Waals surface area contributed by atoms with Gasteiger partial charge in [0.25, 0.3) is 0 Å². The lowest BCUT2D eigenvalue weighted by Gasteiger charge is -2.64. The molecule has 52 heavy (non-hydrogen) atoms. The van der Waals surface area contributed by atoms with E-state index in [1.165, 1.54) is 97.8 Å². The standard InChI is InChI=1S/C50H39NSi/c1-2-16-38-35(13-1)44(30-48-49(38)39-17-5-12-24-47(39)52(48)45-22-10-3-14-36(45)37-15-4-11-23-46(37)52)51-42-20-8-6-18-40(42)50(41-19-7-9-21-43(41)51)33-26-31-25-32(28-33)29-34(50)27-31/h1-24,30-34H,25-29H2. The highest BCUT2D eigenvalue weighted by Gasteiger charge is 2.62. The highest BCUT2D eigenvalue weighted by atomic mass is 28.3. The van der Waals surface area contributed by atoms with Crippen LogP contribution in [0.5, 0.6) is 0 Å². The Morgan fingerprint density at radius 2 is 0.885 bits per heavy atom.